The number of carbonyl (C=O) groups is 2. The van der Waals surface area contributed by atoms with Crippen molar-refractivity contribution in [3.05, 3.63) is 0 Å². The zero-order valence-electron chi connectivity index (χ0n) is 7.28. The summed E-state index contributed by atoms with van der Waals surface area (Å²) in [5.74, 6) is 3.06. The predicted molar refractivity (Wildman–Crippen MR) is 45.2 cm³/mol. The average Bonchev–Trinajstić information content (AvgIpc) is 1.98. The molecule has 5 nitrogen and oxygen atoms in total. The summed E-state index contributed by atoms with van der Waals surface area (Å²) in [6.45, 7) is 1.16. The van der Waals surface area contributed by atoms with E-state index in [0.29, 0.717) is 0 Å². The summed E-state index contributed by atoms with van der Waals surface area (Å²) < 4.78 is 0. The van der Waals surface area contributed by atoms with Gasteiger partial charge in [0.05, 0.1) is 19.6 Å². The van der Waals surface area contributed by atoms with Crippen LogP contribution in [0.15, 0.2) is 0 Å². The lowest BCUT2D eigenvalue weighted by atomic mass is 10.4. The van der Waals surface area contributed by atoms with Gasteiger partial charge in [0, 0.05) is 0 Å². The Morgan fingerprint density at radius 3 is 2.00 bits per heavy atom. The van der Waals surface area contributed by atoms with Crippen LogP contribution >= 0.6 is 0 Å². The number of rotatable bonds is 5. The number of nitrogens with zero attached hydrogens (tertiary/aromatic N) is 1. The molecule has 0 radical (unpaired) electrons. The molecule has 5 heteroatoms. The van der Waals surface area contributed by atoms with Crippen molar-refractivity contribution in [1.29, 1.82) is 0 Å². The standard InChI is InChI=1S/C8H11NO4/c1-2-3-4-9(5-7(10)11)6-8(12)13/h4-6H2,1H3,(H,10,11)(H,12,13). The first-order chi connectivity index (χ1) is 6.06. The first kappa shape index (κ1) is 11.5. The molecule has 0 aliphatic heterocycles. The van der Waals surface area contributed by atoms with E-state index in [2.05, 4.69) is 11.8 Å². The Morgan fingerprint density at radius 2 is 1.69 bits per heavy atom. The molecule has 0 unspecified atom stereocenters. The maximum atomic E-state index is 10.3. The molecule has 0 saturated carbocycles. The topological polar surface area (TPSA) is 77.8 Å². The Kier molecular flexibility index (Phi) is 5.32. The molecule has 0 heterocycles. The van der Waals surface area contributed by atoms with Crippen LogP contribution in [0.2, 0.25) is 0 Å². The van der Waals surface area contributed by atoms with Crippen LogP contribution < -0.4 is 0 Å². The highest BCUT2D eigenvalue weighted by atomic mass is 16.4. The lowest BCUT2D eigenvalue weighted by Gasteiger charge is -2.13. The first-order valence-corrected chi connectivity index (χ1v) is 3.61. The van der Waals surface area contributed by atoms with Gasteiger partial charge in [-0.3, -0.25) is 14.5 Å². The molecule has 0 amide bonds. The highest BCUT2D eigenvalue weighted by Gasteiger charge is 2.11. The summed E-state index contributed by atoms with van der Waals surface area (Å²) in [5.41, 5.74) is 0. The van der Waals surface area contributed by atoms with Crippen molar-refractivity contribution in [2.24, 2.45) is 0 Å². The molecule has 2 N–H and O–H groups in total. The molecule has 0 bridgehead atoms. The maximum absolute atomic E-state index is 10.3. The molecule has 0 spiro atoms. The van der Waals surface area contributed by atoms with Crippen molar-refractivity contribution in [3.63, 3.8) is 0 Å². The second kappa shape index (κ2) is 6.03. The molecular weight excluding hydrogens is 174 g/mol. The van der Waals surface area contributed by atoms with Gasteiger partial charge in [-0.05, 0) is 6.92 Å². The van der Waals surface area contributed by atoms with E-state index in [0.717, 1.165) is 0 Å². The van der Waals surface area contributed by atoms with Crippen LogP contribution in [0.3, 0.4) is 0 Å². The average molecular weight is 185 g/mol. The lowest BCUT2D eigenvalue weighted by Crippen LogP contribution is -2.34. The zero-order valence-corrected chi connectivity index (χ0v) is 7.28. The molecule has 0 aliphatic carbocycles. The lowest BCUT2D eigenvalue weighted by molar-refractivity contribution is -0.141. The van der Waals surface area contributed by atoms with Gasteiger partial charge < -0.3 is 10.2 Å². The summed E-state index contributed by atoms with van der Waals surface area (Å²) in [7, 11) is 0. The van der Waals surface area contributed by atoms with Crippen LogP contribution in [-0.2, 0) is 9.59 Å². The van der Waals surface area contributed by atoms with Crippen molar-refractivity contribution in [3.8, 4) is 11.8 Å². The minimum absolute atomic E-state index is 0.162. The number of carboxylic acid groups (broad SMARTS) is 2. The summed E-state index contributed by atoms with van der Waals surface area (Å²) in [5, 5.41) is 16.8. The van der Waals surface area contributed by atoms with Crippen molar-refractivity contribution in [2.75, 3.05) is 19.6 Å². The molecule has 0 rings (SSSR count). The number of hydrogen-bond donors (Lipinski definition) is 2. The van der Waals surface area contributed by atoms with Crippen LogP contribution in [-0.4, -0.2) is 46.7 Å². The van der Waals surface area contributed by atoms with Crippen molar-refractivity contribution >= 4 is 11.9 Å². The van der Waals surface area contributed by atoms with E-state index < -0.39 is 11.9 Å². The van der Waals surface area contributed by atoms with Crippen molar-refractivity contribution < 1.29 is 19.8 Å². The predicted octanol–water partition coefficient (Wildman–Crippen LogP) is -0.519. The minimum Gasteiger partial charge on any atom is -0.480 e. The molecule has 0 aromatic carbocycles. The molecule has 0 fully saturated rings. The van der Waals surface area contributed by atoms with Gasteiger partial charge in [-0.2, -0.15) is 0 Å². The van der Waals surface area contributed by atoms with Crippen LogP contribution in [0, 0.1) is 11.8 Å². The van der Waals surface area contributed by atoms with E-state index in [9.17, 15) is 9.59 Å². The van der Waals surface area contributed by atoms with Gasteiger partial charge in [-0.15, -0.1) is 5.92 Å². The number of carboxylic acids is 2. The number of aliphatic carboxylic acids is 2. The fraction of sp³-hybridized carbons (Fsp3) is 0.500. The molecule has 0 atom stereocenters. The summed E-state index contributed by atoms with van der Waals surface area (Å²) >= 11 is 0. The van der Waals surface area contributed by atoms with E-state index >= 15 is 0 Å². The zero-order chi connectivity index (χ0) is 10.3. The molecular formula is C8H11NO4. The first-order valence-electron chi connectivity index (χ1n) is 3.61. The van der Waals surface area contributed by atoms with Crippen LogP contribution in [0.5, 0.6) is 0 Å². The molecule has 0 aliphatic rings. The third-order valence-electron chi connectivity index (χ3n) is 1.20. The molecule has 13 heavy (non-hydrogen) atoms. The third-order valence-corrected chi connectivity index (χ3v) is 1.20. The molecule has 0 aromatic heterocycles. The Hall–Kier alpha value is -1.54. The van der Waals surface area contributed by atoms with Gasteiger partial charge in [0.15, 0.2) is 0 Å². The van der Waals surface area contributed by atoms with Crippen molar-refractivity contribution in [1.82, 2.24) is 4.90 Å². The normalized spacial score (nSPS) is 9.08. The van der Waals surface area contributed by atoms with Gasteiger partial charge >= 0.3 is 11.9 Å². The molecule has 0 saturated heterocycles. The number of hydrogen-bond acceptors (Lipinski definition) is 3. The van der Waals surface area contributed by atoms with E-state index in [1.165, 1.54) is 4.90 Å². The SMILES string of the molecule is CC#CCN(CC(=O)O)CC(=O)O. The smallest absolute Gasteiger partial charge is 0.317 e. The van der Waals surface area contributed by atoms with Crippen molar-refractivity contribution in [2.45, 2.75) is 6.92 Å². The Morgan fingerprint density at radius 1 is 1.23 bits per heavy atom. The van der Waals surface area contributed by atoms with Gasteiger partial charge in [0.2, 0.25) is 0 Å². The monoisotopic (exact) mass is 185 g/mol. The fourth-order valence-electron chi connectivity index (χ4n) is 0.741. The van der Waals surface area contributed by atoms with Gasteiger partial charge in [-0.1, -0.05) is 5.92 Å². The van der Waals surface area contributed by atoms with E-state index in [4.69, 9.17) is 10.2 Å². The highest BCUT2D eigenvalue weighted by Crippen LogP contribution is 1.86. The quantitative estimate of drug-likeness (QED) is 0.563. The van der Waals surface area contributed by atoms with Crippen LogP contribution in [0.25, 0.3) is 0 Å². The van der Waals surface area contributed by atoms with Gasteiger partial charge in [0.25, 0.3) is 0 Å². The fourth-order valence-corrected chi connectivity index (χ4v) is 0.741. The van der Waals surface area contributed by atoms with Crippen LogP contribution in [0.1, 0.15) is 6.92 Å². The Labute approximate surface area is 76.0 Å². The minimum atomic E-state index is -1.06. The van der Waals surface area contributed by atoms with Crippen LogP contribution in [0.4, 0.5) is 0 Å². The van der Waals surface area contributed by atoms with E-state index in [-0.39, 0.29) is 19.6 Å². The molecule has 72 valence electrons. The Bertz CT molecular complexity index is 235. The summed E-state index contributed by atoms with van der Waals surface area (Å²) in [4.78, 5) is 21.8. The highest BCUT2D eigenvalue weighted by molar-refractivity contribution is 5.72. The van der Waals surface area contributed by atoms with Gasteiger partial charge in [0.1, 0.15) is 0 Å². The Balaban J connectivity index is 4.07. The van der Waals surface area contributed by atoms with Gasteiger partial charge in [-0.25, -0.2) is 0 Å². The summed E-state index contributed by atoms with van der Waals surface area (Å²) in [6.07, 6.45) is 0. The largest absolute Gasteiger partial charge is 0.480 e. The van der Waals surface area contributed by atoms with E-state index in [1.54, 1.807) is 6.92 Å². The second-order valence-corrected chi connectivity index (χ2v) is 2.36. The second-order valence-electron chi connectivity index (χ2n) is 2.36. The summed E-state index contributed by atoms with van der Waals surface area (Å²) in [6, 6.07) is 0. The molecule has 0 aromatic rings. The maximum Gasteiger partial charge on any atom is 0.317 e. The third kappa shape index (κ3) is 6.84. The van der Waals surface area contributed by atoms with E-state index in [1.807, 2.05) is 0 Å².